The van der Waals surface area contributed by atoms with Gasteiger partial charge in [0.1, 0.15) is 6.10 Å². The highest BCUT2D eigenvalue weighted by Crippen LogP contribution is 2.35. The molecule has 0 saturated heterocycles. The van der Waals surface area contributed by atoms with Crippen molar-refractivity contribution >= 4 is 5.97 Å². The lowest BCUT2D eigenvalue weighted by molar-refractivity contribution is 0.0161. The molecule has 0 bridgehead atoms. The van der Waals surface area contributed by atoms with E-state index in [0.29, 0.717) is 5.92 Å². The monoisotopic (exact) mass is 384 g/mol. The van der Waals surface area contributed by atoms with E-state index in [9.17, 15) is 4.79 Å². The average molecular weight is 385 g/mol. The molecule has 1 aromatic rings. The summed E-state index contributed by atoms with van der Waals surface area (Å²) in [7, 11) is 0. The number of unbranched alkanes of at least 4 members (excludes halogenated alkanes) is 3. The molecular formula is C26H40O2. The quantitative estimate of drug-likeness (QED) is 0.339. The van der Waals surface area contributed by atoms with E-state index in [4.69, 9.17) is 4.74 Å². The van der Waals surface area contributed by atoms with Crippen molar-refractivity contribution in [2.45, 2.75) is 109 Å². The molecule has 1 aromatic carbocycles. The maximum Gasteiger partial charge on any atom is 0.338 e. The molecular weight excluding hydrogens is 344 g/mol. The Morgan fingerprint density at radius 2 is 1.57 bits per heavy atom. The van der Waals surface area contributed by atoms with Crippen LogP contribution < -0.4 is 0 Å². The van der Waals surface area contributed by atoms with Crippen molar-refractivity contribution in [1.82, 2.24) is 0 Å². The molecule has 2 nitrogen and oxygen atoms in total. The zero-order chi connectivity index (χ0) is 19.8. The van der Waals surface area contributed by atoms with Gasteiger partial charge in [0.25, 0.3) is 0 Å². The molecule has 3 rings (SSSR count). The van der Waals surface area contributed by atoms with Crippen LogP contribution in [0.3, 0.4) is 0 Å². The minimum Gasteiger partial charge on any atom is -0.459 e. The number of carbonyl (C=O) groups is 1. The molecule has 0 N–H and O–H groups in total. The van der Waals surface area contributed by atoms with Gasteiger partial charge in [0.2, 0.25) is 0 Å². The molecule has 0 atom stereocenters. The number of hydrogen-bond donors (Lipinski definition) is 0. The predicted molar refractivity (Wildman–Crippen MR) is 117 cm³/mol. The Morgan fingerprint density at radius 3 is 2.21 bits per heavy atom. The molecule has 2 aliphatic carbocycles. The summed E-state index contributed by atoms with van der Waals surface area (Å²) >= 11 is 0. The number of hydrogen-bond acceptors (Lipinski definition) is 2. The van der Waals surface area contributed by atoms with Crippen molar-refractivity contribution in [1.29, 1.82) is 0 Å². The zero-order valence-electron chi connectivity index (χ0n) is 18.1. The summed E-state index contributed by atoms with van der Waals surface area (Å²) in [6.45, 7) is 4.62. The molecule has 0 spiro atoms. The van der Waals surface area contributed by atoms with Crippen molar-refractivity contribution in [3.8, 4) is 0 Å². The van der Waals surface area contributed by atoms with Gasteiger partial charge in [0, 0.05) is 0 Å². The lowest BCUT2D eigenvalue weighted by atomic mass is 9.79. The Hall–Kier alpha value is -1.31. The molecule has 0 unspecified atom stereocenters. The van der Waals surface area contributed by atoms with Crippen molar-refractivity contribution in [2.75, 3.05) is 0 Å². The summed E-state index contributed by atoms with van der Waals surface area (Å²) in [5.41, 5.74) is 2.11. The van der Waals surface area contributed by atoms with Crippen molar-refractivity contribution in [2.24, 2.45) is 11.8 Å². The Morgan fingerprint density at radius 1 is 0.893 bits per heavy atom. The minimum absolute atomic E-state index is 0.124. The van der Waals surface area contributed by atoms with Gasteiger partial charge in [-0.25, -0.2) is 4.79 Å². The molecule has 28 heavy (non-hydrogen) atoms. The summed E-state index contributed by atoms with van der Waals surface area (Å²) in [6, 6.07) is 8.28. The maximum absolute atomic E-state index is 12.5. The highest BCUT2D eigenvalue weighted by Gasteiger charge is 2.24. The highest BCUT2D eigenvalue weighted by molar-refractivity contribution is 5.89. The van der Waals surface area contributed by atoms with Gasteiger partial charge in [-0.2, -0.15) is 0 Å². The molecule has 2 fully saturated rings. The molecule has 0 amide bonds. The van der Waals surface area contributed by atoms with E-state index >= 15 is 0 Å². The number of benzene rings is 1. The van der Waals surface area contributed by atoms with Crippen molar-refractivity contribution < 1.29 is 9.53 Å². The van der Waals surface area contributed by atoms with E-state index < -0.39 is 0 Å². The topological polar surface area (TPSA) is 26.3 Å². The Labute approximate surface area is 172 Å². The molecule has 0 heterocycles. The third-order valence-electron chi connectivity index (χ3n) is 7.17. The lowest BCUT2D eigenvalue weighted by Crippen LogP contribution is -2.24. The number of rotatable bonds is 8. The van der Waals surface area contributed by atoms with Crippen molar-refractivity contribution in [3.63, 3.8) is 0 Å². The normalized spacial score (nSPS) is 28.1. The van der Waals surface area contributed by atoms with Gasteiger partial charge >= 0.3 is 5.97 Å². The Kier molecular flexibility index (Phi) is 8.43. The number of ether oxygens (including phenoxy) is 1. The third-order valence-corrected chi connectivity index (χ3v) is 7.17. The first-order valence-corrected chi connectivity index (χ1v) is 12.0. The lowest BCUT2D eigenvalue weighted by Gasteiger charge is -2.28. The Bertz CT molecular complexity index is 575. The highest BCUT2D eigenvalue weighted by atomic mass is 16.5. The fourth-order valence-electron chi connectivity index (χ4n) is 5.10. The second kappa shape index (κ2) is 11.0. The van der Waals surface area contributed by atoms with Crippen LogP contribution >= 0.6 is 0 Å². The molecule has 2 saturated carbocycles. The van der Waals surface area contributed by atoms with Gasteiger partial charge in [0.05, 0.1) is 5.56 Å². The average Bonchev–Trinajstić information content (AvgIpc) is 2.73. The van der Waals surface area contributed by atoms with Gasteiger partial charge in [0.15, 0.2) is 0 Å². The zero-order valence-corrected chi connectivity index (χ0v) is 18.1. The van der Waals surface area contributed by atoms with Crippen LogP contribution in [-0.2, 0) is 4.74 Å². The van der Waals surface area contributed by atoms with E-state index in [1.54, 1.807) is 0 Å². The third kappa shape index (κ3) is 6.36. The van der Waals surface area contributed by atoms with E-state index in [1.807, 2.05) is 12.1 Å². The van der Waals surface area contributed by atoms with Crippen LogP contribution in [0.25, 0.3) is 0 Å². The number of carbonyl (C=O) groups excluding carboxylic acids is 1. The van der Waals surface area contributed by atoms with Crippen LogP contribution in [0, 0.1) is 11.8 Å². The number of esters is 1. The van der Waals surface area contributed by atoms with Gasteiger partial charge < -0.3 is 4.74 Å². The van der Waals surface area contributed by atoms with Crippen LogP contribution in [-0.4, -0.2) is 12.1 Å². The molecule has 2 aliphatic rings. The maximum atomic E-state index is 12.5. The molecule has 0 aromatic heterocycles. The summed E-state index contributed by atoms with van der Waals surface area (Å²) < 4.78 is 5.83. The fraction of sp³-hybridized carbons (Fsp3) is 0.731. The molecule has 0 radical (unpaired) electrons. The SMILES string of the molecule is CCCCCCC1CCC(OC(=O)c2ccc(C3CCC(C)CC3)cc2)CC1. The van der Waals surface area contributed by atoms with Gasteiger partial charge in [-0.1, -0.05) is 70.9 Å². The van der Waals surface area contributed by atoms with Gasteiger partial charge in [-0.05, 0) is 74.0 Å². The van der Waals surface area contributed by atoms with Crippen LogP contribution in [0.1, 0.15) is 119 Å². The fourth-order valence-corrected chi connectivity index (χ4v) is 5.10. The molecule has 156 valence electrons. The standard InChI is InChI=1S/C26H40O2/c1-3-4-5-6-7-21-10-18-25(19-11-21)28-26(27)24-16-14-23(15-17-24)22-12-8-20(2)9-13-22/h14-17,20-22,25H,3-13,18-19H2,1-2H3. The van der Waals surface area contributed by atoms with Gasteiger partial charge in [-0.3, -0.25) is 0 Å². The first-order chi connectivity index (χ1) is 13.7. The summed E-state index contributed by atoms with van der Waals surface area (Å²) in [5.74, 6) is 2.27. The largest absolute Gasteiger partial charge is 0.459 e. The van der Waals surface area contributed by atoms with Crippen LogP contribution in [0.4, 0.5) is 0 Å². The van der Waals surface area contributed by atoms with E-state index in [-0.39, 0.29) is 12.1 Å². The van der Waals surface area contributed by atoms with Crippen LogP contribution in [0.2, 0.25) is 0 Å². The second-order valence-corrected chi connectivity index (χ2v) is 9.48. The van der Waals surface area contributed by atoms with Crippen LogP contribution in [0.15, 0.2) is 24.3 Å². The summed E-state index contributed by atoms with van der Waals surface area (Å²) in [6.07, 6.45) is 16.7. The summed E-state index contributed by atoms with van der Waals surface area (Å²) in [5, 5.41) is 0. The summed E-state index contributed by atoms with van der Waals surface area (Å²) in [4.78, 5) is 12.5. The van der Waals surface area contributed by atoms with E-state index in [0.717, 1.165) is 30.2 Å². The predicted octanol–water partition coefficient (Wildman–Crippen LogP) is 7.67. The van der Waals surface area contributed by atoms with E-state index in [2.05, 4.69) is 26.0 Å². The second-order valence-electron chi connectivity index (χ2n) is 9.48. The van der Waals surface area contributed by atoms with Crippen molar-refractivity contribution in [3.05, 3.63) is 35.4 Å². The van der Waals surface area contributed by atoms with E-state index in [1.165, 1.54) is 76.2 Å². The van der Waals surface area contributed by atoms with Gasteiger partial charge in [-0.15, -0.1) is 0 Å². The molecule has 0 aliphatic heterocycles. The minimum atomic E-state index is -0.129. The Balaban J connectivity index is 1.40. The first-order valence-electron chi connectivity index (χ1n) is 12.0. The first kappa shape index (κ1) is 21.4. The van der Waals surface area contributed by atoms with Crippen LogP contribution in [0.5, 0.6) is 0 Å². The smallest absolute Gasteiger partial charge is 0.338 e. The molecule has 2 heteroatoms.